The predicted molar refractivity (Wildman–Crippen MR) is 101 cm³/mol. The molecule has 0 radical (unpaired) electrons. The van der Waals surface area contributed by atoms with E-state index in [1.165, 1.54) is 6.26 Å². The molecule has 144 valence electrons. The van der Waals surface area contributed by atoms with Crippen molar-refractivity contribution in [3.8, 4) is 0 Å². The Balaban J connectivity index is 1.39. The Labute approximate surface area is 161 Å². The van der Waals surface area contributed by atoms with Crippen molar-refractivity contribution in [3.05, 3.63) is 66.0 Å². The van der Waals surface area contributed by atoms with Crippen LogP contribution in [0.15, 0.2) is 53.5 Å². The molecule has 0 aliphatic carbocycles. The molecule has 2 N–H and O–H groups in total. The minimum atomic E-state index is -0.292. The first kappa shape index (κ1) is 17.9. The number of amides is 2. The zero-order valence-electron chi connectivity index (χ0n) is 15.2. The van der Waals surface area contributed by atoms with Crippen LogP contribution < -0.4 is 10.6 Å². The summed E-state index contributed by atoms with van der Waals surface area (Å²) in [6.07, 6.45) is 6.75. The summed E-state index contributed by atoms with van der Waals surface area (Å²) < 4.78 is 7.22. The number of rotatable bonds is 6. The molecule has 0 spiro atoms. The van der Waals surface area contributed by atoms with E-state index in [1.54, 1.807) is 35.4 Å². The molecule has 0 saturated carbocycles. The fourth-order valence-electron chi connectivity index (χ4n) is 3.07. The van der Waals surface area contributed by atoms with Gasteiger partial charge in [-0.05, 0) is 23.8 Å². The van der Waals surface area contributed by atoms with Gasteiger partial charge in [0.15, 0.2) is 5.82 Å². The highest BCUT2D eigenvalue weighted by Gasteiger charge is 2.21. The van der Waals surface area contributed by atoms with Crippen LogP contribution in [0.25, 0.3) is 0 Å². The van der Waals surface area contributed by atoms with Gasteiger partial charge in [-0.15, -0.1) is 0 Å². The zero-order chi connectivity index (χ0) is 19.3. The second kappa shape index (κ2) is 8.05. The first-order chi connectivity index (χ1) is 13.7. The fourth-order valence-corrected chi connectivity index (χ4v) is 3.07. The van der Waals surface area contributed by atoms with Gasteiger partial charge in [-0.2, -0.15) is 5.10 Å². The van der Waals surface area contributed by atoms with Gasteiger partial charge in [-0.25, -0.2) is 0 Å². The molecule has 1 aliphatic heterocycles. The molecule has 4 rings (SSSR count). The van der Waals surface area contributed by atoms with Crippen LogP contribution in [-0.4, -0.2) is 51.1 Å². The molecular formula is C19H20N6O3. The molecule has 4 heterocycles. The maximum atomic E-state index is 12.6. The standard InChI is InChI=1S/C19H20N6O3/c26-18-13-24(9-7-21-18)12-16-15(4-10-28-16)19(27)22-17-3-8-25(23-17)11-14-1-5-20-6-2-14/h1-6,8,10H,7,9,11-13H2,(H,21,26)(H,22,23,27). The minimum absolute atomic E-state index is 0.0245. The van der Waals surface area contributed by atoms with Gasteiger partial charge in [0.25, 0.3) is 5.91 Å². The number of piperazine rings is 1. The number of anilines is 1. The molecule has 3 aromatic heterocycles. The largest absolute Gasteiger partial charge is 0.467 e. The smallest absolute Gasteiger partial charge is 0.260 e. The molecule has 1 aliphatic rings. The van der Waals surface area contributed by atoms with E-state index in [0.29, 0.717) is 49.9 Å². The average molecular weight is 380 g/mol. The Bertz CT molecular complexity index is 965. The van der Waals surface area contributed by atoms with Crippen molar-refractivity contribution in [3.63, 3.8) is 0 Å². The van der Waals surface area contributed by atoms with Crippen molar-refractivity contribution in [1.82, 2.24) is 25.0 Å². The van der Waals surface area contributed by atoms with Gasteiger partial charge >= 0.3 is 0 Å². The Morgan fingerprint density at radius 1 is 1.21 bits per heavy atom. The van der Waals surface area contributed by atoms with Crippen molar-refractivity contribution < 1.29 is 14.0 Å². The van der Waals surface area contributed by atoms with Crippen LogP contribution in [0, 0.1) is 0 Å². The molecule has 28 heavy (non-hydrogen) atoms. The minimum Gasteiger partial charge on any atom is -0.467 e. The number of nitrogens with one attached hydrogen (secondary N) is 2. The summed E-state index contributed by atoms with van der Waals surface area (Å²) >= 11 is 0. The van der Waals surface area contributed by atoms with Crippen molar-refractivity contribution in [2.24, 2.45) is 0 Å². The summed E-state index contributed by atoms with van der Waals surface area (Å²) in [5, 5.41) is 9.95. The maximum absolute atomic E-state index is 12.6. The van der Waals surface area contributed by atoms with E-state index >= 15 is 0 Å². The summed E-state index contributed by atoms with van der Waals surface area (Å²) in [6, 6.07) is 7.20. The summed E-state index contributed by atoms with van der Waals surface area (Å²) in [5.41, 5.74) is 1.51. The van der Waals surface area contributed by atoms with Gasteiger partial charge in [-0.1, -0.05) is 0 Å². The molecule has 0 bridgehead atoms. The number of aromatic nitrogens is 3. The highest BCUT2D eigenvalue weighted by atomic mass is 16.3. The van der Waals surface area contributed by atoms with Crippen LogP contribution in [-0.2, 0) is 17.9 Å². The van der Waals surface area contributed by atoms with E-state index in [0.717, 1.165) is 5.56 Å². The second-order valence-corrected chi connectivity index (χ2v) is 6.53. The monoisotopic (exact) mass is 380 g/mol. The van der Waals surface area contributed by atoms with Gasteiger partial charge in [0.2, 0.25) is 5.91 Å². The van der Waals surface area contributed by atoms with E-state index in [1.807, 2.05) is 17.0 Å². The number of hydrogen-bond donors (Lipinski definition) is 2. The second-order valence-electron chi connectivity index (χ2n) is 6.53. The lowest BCUT2D eigenvalue weighted by Gasteiger charge is -2.25. The SMILES string of the molecule is O=C1CN(Cc2occc2C(=O)Nc2ccn(Cc3ccncc3)n2)CCN1. The number of pyridine rings is 1. The van der Waals surface area contributed by atoms with Crippen LogP contribution in [0.2, 0.25) is 0 Å². The molecule has 1 fully saturated rings. The molecule has 2 amide bonds. The van der Waals surface area contributed by atoms with E-state index in [2.05, 4.69) is 20.7 Å². The van der Waals surface area contributed by atoms with Crippen molar-refractivity contribution in [2.45, 2.75) is 13.1 Å². The molecule has 0 unspecified atom stereocenters. The summed E-state index contributed by atoms with van der Waals surface area (Å²) in [7, 11) is 0. The molecular weight excluding hydrogens is 360 g/mol. The lowest BCUT2D eigenvalue weighted by Crippen LogP contribution is -2.47. The molecule has 0 atom stereocenters. The zero-order valence-corrected chi connectivity index (χ0v) is 15.2. The Morgan fingerprint density at radius 2 is 2.07 bits per heavy atom. The molecule has 1 saturated heterocycles. The molecule has 0 aromatic carbocycles. The molecule has 3 aromatic rings. The highest BCUT2D eigenvalue weighted by Crippen LogP contribution is 2.16. The number of carbonyl (C=O) groups is 2. The average Bonchev–Trinajstić information content (AvgIpc) is 3.32. The van der Waals surface area contributed by atoms with Gasteiger partial charge in [0, 0.05) is 37.7 Å². The third-order valence-electron chi connectivity index (χ3n) is 4.45. The van der Waals surface area contributed by atoms with Gasteiger partial charge in [0.05, 0.1) is 31.5 Å². The van der Waals surface area contributed by atoms with E-state index in [9.17, 15) is 9.59 Å². The lowest BCUT2D eigenvalue weighted by molar-refractivity contribution is -0.124. The number of carbonyl (C=O) groups excluding carboxylic acids is 2. The van der Waals surface area contributed by atoms with Crippen LogP contribution in [0.4, 0.5) is 5.82 Å². The Hall–Kier alpha value is -3.46. The predicted octanol–water partition coefficient (Wildman–Crippen LogP) is 1.10. The summed E-state index contributed by atoms with van der Waals surface area (Å²) in [6.45, 7) is 2.59. The van der Waals surface area contributed by atoms with Crippen LogP contribution in [0.3, 0.4) is 0 Å². The fraction of sp³-hybridized carbons (Fsp3) is 0.263. The Morgan fingerprint density at radius 3 is 2.89 bits per heavy atom. The lowest BCUT2D eigenvalue weighted by atomic mass is 10.2. The van der Waals surface area contributed by atoms with E-state index in [4.69, 9.17) is 4.42 Å². The maximum Gasteiger partial charge on any atom is 0.260 e. The van der Waals surface area contributed by atoms with E-state index < -0.39 is 0 Å². The van der Waals surface area contributed by atoms with Crippen molar-refractivity contribution >= 4 is 17.6 Å². The van der Waals surface area contributed by atoms with Crippen LogP contribution >= 0.6 is 0 Å². The topological polar surface area (TPSA) is 105 Å². The van der Waals surface area contributed by atoms with Crippen molar-refractivity contribution in [2.75, 3.05) is 25.0 Å². The summed E-state index contributed by atoms with van der Waals surface area (Å²) in [5.74, 6) is 0.676. The quantitative estimate of drug-likeness (QED) is 0.664. The number of furan rings is 1. The Kier molecular flexibility index (Phi) is 5.16. The highest BCUT2D eigenvalue weighted by molar-refractivity contribution is 6.04. The molecule has 9 nitrogen and oxygen atoms in total. The van der Waals surface area contributed by atoms with Crippen LogP contribution in [0.1, 0.15) is 21.7 Å². The van der Waals surface area contributed by atoms with Gasteiger partial charge in [0.1, 0.15) is 5.76 Å². The van der Waals surface area contributed by atoms with E-state index in [-0.39, 0.29) is 11.8 Å². The molecule has 9 heteroatoms. The van der Waals surface area contributed by atoms with Gasteiger partial charge in [-0.3, -0.25) is 24.2 Å². The third-order valence-corrected chi connectivity index (χ3v) is 4.45. The third kappa shape index (κ3) is 4.26. The first-order valence-corrected chi connectivity index (χ1v) is 8.96. The normalized spacial score (nSPS) is 14.6. The number of nitrogens with zero attached hydrogens (tertiary/aromatic N) is 4. The van der Waals surface area contributed by atoms with Crippen molar-refractivity contribution in [1.29, 1.82) is 0 Å². The first-order valence-electron chi connectivity index (χ1n) is 8.96. The number of hydrogen-bond acceptors (Lipinski definition) is 6. The summed E-state index contributed by atoms with van der Waals surface area (Å²) in [4.78, 5) is 30.1. The van der Waals surface area contributed by atoms with Gasteiger partial charge < -0.3 is 15.1 Å². The van der Waals surface area contributed by atoms with Crippen LogP contribution in [0.5, 0.6) is 0 Å².